The number of ether oxygens (including phenoxy) is 1. The molecule has 2 amide bonds. The first kappa shape index (κ1) is 23.1. The normalized spacial score (nSPS) is 26.7. The maximum atomic E-state index is 12.8. The van der Waals surface area contributed by atoms with Crippen LogP contribution >= 0.6 is 0 Å². The molecule has 3 unspecified atom stereocenters. The number of hydrogen-bond acceptors (Lipinski definition) is 4. The maximum Gasteiger partial charge on any atom is 0.410 e. The summed E-state index contributed by atoms with van der Waals surface area (Å²) in [4.78, 5) is 32.0. The molecule has 0 radical (unpaired) electrons. The van der Waals surface area contributed by atoms with E-state index >= 15 is 0 Å². The quantitative estimate of drug-likeness (QED) is 0.635. The predicted octanol–water partition coefficient (Wildman–Crippen LogP) is 4.83. The summed E-state index contributed by atoms with van der Waals surface area (Å²) in [5, 5.41) is 0. The molecule has 6 nitrogen and oxygen atoms in total. The summed E-state index contributed by atoms with van der Waals surface area (Å²) in [7, 11) is 0. The minimum absolute atomic E-state index is 0.0356. The predicted molar refractivity (Wildman–Crippen MR) is 127 cm³/mol. The molecule has 4 rings (SSSR count). The van der Waals surface area contributed by atoms with E-state index in [9.17, 15) is 9.59 Å². The lowest BCUT2D eigenvalue weighted by Gasteiger charge is -2.47. The Morgan fingerprint density at radius 1 is 1.12 bits per heavy atom. The van der Waals surface area contributed by atoms with Crippen LogP contribution in [0.4, 0.5) is 10.5 Å². The zero-order valence-electron chi connectivity index (χ0n) is 20.0. The van der Waals surface area contributed by atoms with Gasteiger partial charge in [-0.05, 0) is 70.9 Å². The fraction of sp³-hybridized carbons (Fsp3) is 0.692. The van der Waals surface area contributed by atoms with Gasteiger partial charge >= 0.3 is 6.09 Å². The fourth-order valence-electron chi connectivity index (χ4n) is 6.32. The lowest BCUT2D eigenvalue weighted by Crippen LogP contribution is -2.55. The molecule has 3 aliphatic heterocycles. The van der Waals surface area contributed by atoms with Crippen molar-refractivity contribution in [3.8, 4) is 0 Å². The van der Waals surface area contributed by atoms with Gasteiger partial charge in [0, 0.05) is 43.3 Å². The number of para-hydroxylation sites is 1. The summed E-state index contributed by atoms with van der Waals surface area (Å²) in [6.07, 6.45) is 7.70. The number of nitrogens with zero attached hydrogens (tertiary/aromatic N) is 3. The zero-order chi connectivity index (χ0) is 22.7. The van der Waals surface area contributed by atoms with Gasteiger partial charge < -0.3 is 19.4 Å². The van der Waals surface area contributed by atoms with Crippen LogP contribution in [-0.2, 0) is 9.53 Å². The van der Waals surface area contributed by atoms with Crippen molar-refractivity contribution < 1.29 is 14.3 Å². The summed E-state index contributed by atoms with van der Waals surface area (Å²) < 4.78 is 5.35. The highest BCUT2D eigenvalue weighted by Gasteiger charge is 2.48. The molecule has 0 bridgehead atoms. The molecule has 3 saturated heterocycles. The van der Waals surface area contributed by atoms with Gasteiger partial charge in [0.05, 0.1) is 12.1 Å². The third-order valence-electron chi connectivity index (χ3n) is 8.07. The van der Waals surface area contributed by atoms with E-state index in [0.717, 1.165) is 63.7 Å². The lowest BCUT2D eigenvalue weighted by atomic mass is 9.83. The molecule has 176 valence electrons. The van der Waals surface area contributed by atoms with Crippen LogP contribution in [0.2, 0.25) is 0 Å². The third-order valence-corrected chi connectivity index (χ3v) is 8.07. The SMILES string of the molecule is CCOC(=O)N1C(C)CCC1CC(CC)N1CCC2(CCC(=O)N2c2ccccc2)CC1. The summed E-state index contributed by atoms with van der Waals surface area (Å²) in [5.74, 6) is 0.265. The lowest BCUT2D eigenvalue weighted by molar-refractivity contribution is -0.117. The first-order chi connectivity index (χ1) is 15.5. The Hall–Kier alpha value is -2.08. The second kappa shape index (κ2) is 9.82. The molecule has 0 N–H and O–H groups in total. The molecule has 1 spiro atoms. The Balaban J connectivity index is 1.41. The van der Waals surface area contributed by atoms with Crippen LogP contribution in [0.15, 0.2) is 30.3 Å². The molecule has 0 aromatic heterocycles. The highest BCUT2D eigenvalue weighted by Crippen LogP contribution is 2.43. The second-order valence-corrected chi connectivity index (χ2v) is 9.81. The van der Waals surface area contributed by atoms with E-state index in [1.54, 1.807) is 0 Å². The Morgan fingerprint density at radius 2 is 1.84 bits per heavy atom. The van der Waals surface area contributed by atoms with Crippen LogP contribution < -0.4 is 4.90 Å². The molecule has 1 aromatic carbocycles. The summed E-state index contributed by atoms with van der Waals surface area (Å²) in [5.41, 5.74) is 1.01. The average Bonchev–Trinajstić information content (AvgIpc) is 3.33. The molecule has 3 aliphatic rings. The third kappa shape index (κ3) is 4.39. The molecule has 0 aliphatic carbocycles. The van der Waals surface area contributed by atoms with Gasteiger partial charge in [-0.2, -0.15) is 0 Å². The Morgan fingerprint density at radius 3 is 2.50 bits per heavy atom. The number of benzene rings is 1. The molecule has 3 fully saturated rings. The number of rotatable bonds is 6. The van der Waals surface area contributed by atoms with Gasteiger partial charge in [-0.25, -0.2) is 4.79 Å². The molecule has 0 saturated carbocycles. The van der Waals surface area contributed by atoms with Gasteiger partial charge in [-0.1, -0.05) is 25.1 Å². The van der Waals surface area contributed by atoms with Gasteiger partial charge in [-0.15, -0.1) is 0 Å². The highest BCUT2D eigenvalue weighted by molar-refractivity contribution is 5.97. The highest BCUT2D eigenvalue weighted by atomic mass is 16.6. The smallest absolute Gasteiger partial charge is 0.410 e. The standard InChI is InChI=1S/C26H39N3O3/c1-4-21(19-23-12-11-20(3)28(23)25(31)32-5-2)27-17-15-26(16-18-27)14-13-24(30)29(26)22-9-7-6-8-10-22/h6-10,20-21,23H,4-5,11-19H2,1-3H3. The van der Waals surface area contributed by atoms with Gasteiger partial charge in [0.15, 0.2) is 0 Å². The van der Waals surface area contributed by atoms with Crippen LogP contribution in [0.5, 0.6) is 0 Å². The Bertz CT molecular complexity index is 791. The van der Waals surface area contributed by atoms with Gasteiger partial charge in [0.1, 0.15) is 0 Å². The molecule has 1 aromatic rings. The first-order valence-corrected chi connectivity index (χ1v) is 12.6. The average molecular weight is 442 g/mol. The van der Waals surface area contributed by atoms with Crippen molar-refractivity contribution in [3.05, 3.63) is 30.3 Å². The van der Waals surface area contributed by atoms with Crippen molar-refractivity contribution in [2.45, 2.75) is 95.8 Å². The number of carbonyl (C=O) groups excluding carboxylic acids is 2. The summed E-state index contributed by atoms with van der Waals surface area (Å²) >= 11 is 0. The zero-order valence-corrected chi connectivity index (χ0v) is 20.0. The second-order valence-electron chi connectivity index (χ2n) is 9.81. The van der Waals surface area contributed by atoms with Crippen molar-refractivity contribution in [2.24, 2.45) is 0 Å². The Kier molecular flexibility index (Phi) is 7.08. The number of carbonyl (C=O) groups is 2. The van der Waals surface area contributed by atoms with Crippen LogP contribution in [-0.4, -0.2) is 65.2 Å². The van der Waals surface area contributed by atoms with E-state index in [0.29, 0.717) is 19.1 Å². The number of amides is 2. The van der Waals surface area contributed by atoms with E-state index < -0.39 is 0 Å². The number of hydrogen-bond donors (Lipinski definition) is 0. The molecular formula is C26H39N3O3. The van der Waals surface area contributed by atoms with E-state index in [4.69, 9.17) is 4.74 Å². The van der Waals surface area contributed by atoms with Crippen molar-refractivity contribution in [1.82, 2.24) is 9.80 Å². The van der Waals surface area contributed by atoms with Crippen molar-refractivity contribution in [3.63, 3.8) is 0 Å². The number of piperidine rings is 1. The molecule has 32 heavy (non-hydrogen) atoms. The fourth-order valence-corrected chi connectivity index (χ4v) is 6.32. The summed E-state index contributed by atoms with van der Waals surface area (Å²) in [6, 6.07) is 11.2. The molecule has 6 heteroatoms. The largest absolute Gasteiger partial charge is 0.450 e. The molecule has 3 heterocycles. The topological polar surface area (TPSA) is 53.1 Å². The number of likely N-dealkylation sites (tertiary alicyclic amines) is 2. The number of anilines is 1. The van der Waals surface area contributed by atoms with Gasteiger partial charge in [-0.3, -0.25) is 4.79 Å². The van der Waals surface area contributed by atoms with Crippen LogP contribution in [0.1, 0.15) is 72.1 Å². The van der Waals surface area contributed by atoms with E-state index in [1.807, 2.05) is 30.0 Å². The maximum absolute atomic E-state index is 12.8. The Labute approximate surface area is 192 Å². The minimum Gasteiger partial charge on any atom is -0.450 e. The molecule has 3 atom stereocenters. The van der Waals surface area contributed by atoms with Gasteiger partial charge in [0.2, 0.25) is 5.91 Å². The van der Waals surface area contributed by atoms with Crippen LogP contribution in [0.25, 0.3) is 0 Å². The van der Waals surface area contributed by atoms with Crippen molar-refractivity contribution in [1.29, 1.82) is 0 Å². The van der Waals surface area contributed by atoms with E-state index in [2.05, 4.69) is 35.8 Å². The molecular weight excluding hydrogens is 402 g/mol. The summed E-state index contributed by atoms with van der Waals surface area (Å²) in [6.45, 7) is 8.72. The van der Waals surface area contributed by atoms with Crippen molar-refractivity contribution in [2.75, 3.05) is 24.6 Å². The van der Waals surface area contributed by atoms with E-state index in [-0.39, 0.29) is 29.6 Å². The monoisotopic (exact) mass is 441 g/mol. The van der Waals surface area contributed by atoms with Crippen LogP contribution in [0.3, 0.4) is 0 Å². The minimum atomic E-state index is -0.155. The van der Waals surface area contributed by atoms with Crippen molar-refractivity contribution >= 4 is 17.7 Å². The van der Waals surface area contributed by atoms with E-state index in [1.165, 1.54) is 0 Å². The first-order valence-electron chi connectivity index (χ1n) is 12.6. The van der Waals surface area contributed by atoms with Crippen LogP contribution in [0, 0.1) is 0 Å². The van der Waals surface area contributed by atoms with Gasteiger partial charge in [0.25, 0.3) is 0 Å².